The molecule has 5 heteroatoms. The fraction of sp³-hybridized carbons (Fsp3) is 0.143. The highest BCUT2D eigenvalue weighted by molar-refractivity contribution is 6.34. The summed E-state index contributed by atoms with van der Waals surface area (Å²) in [5, 5.41) is 1.11. The van der Waals surface area contributed by atoms with Crippen LogP contribution in [0.15, 0.2) is 42.5 Å². The second kappa shape index (κ2) is 6.35. The lowest BCUT2D eigenvalue weighted by molar-refractivity contribution is 0.551. The van der Waals surface area contributed by atoms with Crippen molar-refractivity contribution < 1.29 is 4.39 Å². The second-order valence-electron chi connectivity index (χ2n) is 4.25. The van der Waals surface area contributed by atoms with Gasteiger partial charge in [-0.25, -0.2) is 4.39 Å². The maximum absolute atomic E-state index is 12.9. The molecule has 0 saturated heterocycles. The van der Waals surface area contributed by atoms with Crippen LogP contribution in [0, 0.1) is 5.82 Å². The molecular weight excluding hydrogens is 286 g/mol. The summed E-state index contributed by atoms with van der Waals surface area (Å²) in [5.74, 6) is 5.31. The Hall–Kier alpha value is -1.13. The van der Waals surface area contributed by atoms with Crippen molar-refractivity contribution in [3.8, 4) is 0 Å². The van der Waals surface area contributed by atoms with Crippen molar-refractivity contribution in [2.45, 2.75) is 12.5 Å². The average molecular weight is 299 g/mol. The molecule has 2 nitrogen and oxygen atoms in total. The molecule has 0 aromatic heterocycles. The lowest BCUT2D eigenvalue weighted by atomic mass is 9.99. The SMILES string of the molecule is NNC(Cc1ccc(F)cc1)c1cc(Cl)cc(Cl)c1. The van der Waals surface area contributed by atoms with Crippen LogP contribution in [0.4, 0.5) is 4.39 Å². The summed E-state index contributed by atoms with van der Waals surface area (Å²) in [5.41, 5.74) is 4.59. The van der Waals surface area contributed by atoms with Gasteiger partial charge in [-0.15, -0.1) is 0 Å². The van der Waals surface area contributed by atoms with Crippen LogP contribution in [-0.2, 0) is 6.42 Å². The van der Waals surface area contributed by atoms with E-state index in [-0.39, 0.29) is 11.9 Å². The van der Waals surface area contributed by atoms with Crippen LogP contribution >= 0.6 is 23.2 Å². The van der Waals surface area contributed by atoms with Crippen LogP contribution in [0.1, 0.15) is 17.2 Å². The third-order valence-electron chi connectivity index (χ3n) is 2.84. The molecule has 0 aliphatic carbocycles. The van der Waals surface area contributed by atoms with E-state index in [4.69, 9.17) is 29.0 Å². The van der Waals surface area contributed by atoms with E-state index in [9.17, 15) is 4.39 Å². The maximum Gasteiger partial charge on any atom is 0.123 e. The molecule has 2 aromatic carbocycles. The number of nitrogens with one attached hydrogen (secondary N) is 1. The number of rotatable bonds is 4. The molecule has 3 N–H and O–H groups in total. The molecule has 0 heterocycles. The summed E-state index contributed by atoms with van der Waals surface area (Å²) in [6.45, 7) is 0. The van der Waals surface area contributed by atoms with Crippen molar-refractivity contribution >= 4 is 23.2 Å². The molecule has 0 aliphatic rings. The van der Waals surface area contributed by atoms with Crippen molar-refractivity contribution in [2.24, 2.45) is 5.84 Å². The van der Waals surface area contributed by atoms with Crippen LogP contribution in [0.25, 0.3) is 0 Å². The van der Waals surface area contributed by atoms with Crippen molar-refractivity contribution in [2.75, 3.05) is 0 Å². The Labute approximate surface area is 121 Å². The molecule has 0 radical (unpaired) electrons. The first-order valence-corrected chi connectivity index (χ1v) is 6.50. The van der Waals surface area contributed by atoms with E-state index in [1.165, 1.54) is 12.1 Å². The summed E-state index contributed by atoms with van der Waals surface area (Å²) >= 11 is 11.9. The minimum absolute atomic E-state index is 0.137. The molecular formula is C14H13Cl2FN2. The van der Waals surface area contributed by atoms with Gasteiger partial charge >= 0.3 is 0 Å². The normalized spacial score (nSPS) is 12.4. The van der Waals surface area contributed by atoms with Crippen molar-refractivity contribution in [3.63, 3.8) is 0 Å². The van der Waals surface area contributed by atoms with Crippen molar-refractivity contribution in [1.82, 2.24) is 5.43 Å². The van der Waals surface area contributed by atoms with E-state index in [1.54, 1.807) is 18.2 Å². The number of benzene rings is 2. The van der Waals surface area contributed by atoms with Gasteiger partial charge in [-0.3, -0.25) is 11.3 Å². The van der Waals surface area contributed by atoms with Crippen LogP contribution in [0.2, 0.25) is 10.0 Å². The zero-order valence-electron chi connectivity index (χ0n) is 10.0. The van der Waals surface area contributed by atoms with E-state index in [1.807, 2.05) is 12.1 Å². The third kappa shape index (κ3) is 3.91. The summed E-state index contributed by atoms with van der Waals surface area (Å²) in [6, 6.07) is 11.4. The molecule has 0 bridgehead atoms. The van der Waals surface area contributed by atoms with Gasteiger partial charge < -0.3 is 0 Å². The van der Waals surface area contributed by atoms with Gasteiger partial charge in [-0.2, -0.15) is 0 Å². The molecule has 0 saturated carbocycles. The number of hydrogen-bond acceptors (Lipinski definition) is 2. The Kier molecular flexibility index (Phi) is 4.77. The Morgan fingerprint density at radius 3 is 2.16 bits per heavy atom. The van der Waals surface area contributed by atoms with Gasteiger partial charge in [0.05, 0.1) is 6.04 Å². The van der Waals surface area contributed by atoms with Crippen molar-refractivity contribution in [1.29, 1.82) is 0 Å². The van der Waals surface area contributed by atoms with E-state index in [0.29, 0.717) is 16.5 Å². The summed E-state index contributed by atoms with van der Waals surface area (Å²) in [4.78, 5) is 0. The summed E-state index contributed by atoms with van der Waals surface area (Å²) in [6.07, 6.45) is 0.619. The van der Waals surface area contributed by atoms with E-state index >= 15 is 0 Å². The zero-order valence-corrected chi connectivity index (χ0v) is 11.5. The van der Waals surface area contributed by atoms with Crippen LogP contribution in [-0.4, -0.2) is 0 Å². The molecule has 2 rings (SSSR count). The minimum Gasteiger partial charge on any atom is -0.271 e. The Morgan fingerprint density at radius 1 is 1.05 bits per heavy atom. The predicted octanol–water partition coefficient (Wildman–Crippen LogP) is 3.88. The van der Waals surface area contributed by atoms with Gasteiger partial charge in [0.2, 0.25) is 0 Å². The fourth-order valence-corrected chi connectivity index (χ4v) is 2.45. The zero-order chi connectivity index (χ0) is 13.8. The minimum atomic E-state index is -0.258. The predicted molar refractivity (Wildman–Crippen MR) is 76.6 cm³/mol. The van der Waals surface area contributed by atoms with Gasteiger partial charge in [0.25, 0.3) is 0 Å². The van der Waals surface area contributed by atoms with Crippen LogP contribution in [0.3, 0.4) is 0 Å². The van der Waals surface area contributed by atoms with Crippen LogP contribution < -0.4 is 11.3 Å². The highest BCUT2D eigenvalue weighted by Gasteiger charge is 2.12. The molecule has 0 amide bonds. The average Bonchev–Trinajstić information content (AvgIpc) is 2.37. The fourth-order valence-electron chi connectivity index (χ4n) is 1.91. The molecule has 1 unspecified atom stereocenters. The Bertz CT molecular complexity index is 538. The largest absolute Gasteiger partial charge is 0.271 e. The topological polar surface area (TPSA) is 38.0 Å². The number of nitrogens with two attached hydrogens (primary N) is 1. The molecule has 2 aromatic rings. The molecule has 0 aliphatic heterocycles. The summed E-state index contributed by atoms with van der Waals surface area (Å²) in [7, 11) is 0. The molecule has 1 atom stereocenters. The number of halogens is 3. The smallest absolute Gasteiger partial charge is 0.123 e. The van der Waals surface area contributed by atoms with E-state index in [2.05, 4.69) is 5.43 Å². The van der Waals surface area contributed by atoms with Gasteiger partial charge in [0.15, 0.2) is 0 Å². The van der Waals surface area contributed by atoms with E-state index in [0.717, 1.165) is 11.1 Å². The molecule has 100 valence electrons. The third-order valence-corrected chi connectivity index (χ3v) is 3.28. The first kappa shape index (κ1) is 14.3. The standard InChI is InChI=1S/C14H13Cl2FN2/c15-11-6-10(7-12(16)8-11)14(19-18)5-9-1-3-13(17)4-2-9/h1-4,6-8,14,19H,5,18H2. The first-order chi connectivity index (χ1) is 9.08. The second-order valence-corrected chi connectivity index (χ2v) is 5.13. The molecule has 0 fully saturated rings. The Morgan fingerprint density at radius 2 is 1.63 bits per heavy atom. The van der Waals surface area contributed by atoms with E-state index < -0.39 is 0 Å². The highest BCUT2D eigenvalue weighted by Crippen LogP contribution is 2.25. The highest BCUT2D eigenvalue weighted by atomic mass is 35.5. The Balaban J connectivity index is 2.22. The monoisotopic (exact) mass is 298 g/mol. The number of hydrogen-bond donors (Lipinski definition) is 2. The first-order valence-electron chi connectivity index (χ1n) is 5.75. The summed E-state index contributed by atoms with van der Waals surface area (Å²) < 4.78 is 12.9. The number of hydrazine groups is 1. The maximum atomic E-state index is 12.9. The van der Waals surface area contributed by atoms with Gasteiger partial charge in [0.1, 0.15) is 5.82 Å². The van der Waals surface area contributed by atoms with Gasteiger partial charge in [0, 0.05) is 10.0 Å². The quantitative estimate of drug-likeness (QED) is 0.664. The molecule has 19 heavy (non-hydrogen) atoms. The lowest BCUT2D eigenvalue weighted by Crippen LogP contribution is -2.29. The lowest BCUT2D eigenvalue weighted by Gasteiger charge is -2.17. The van der Waals surface area contributed by atoms with Crippen molar-refractivity contribution in [3.05, 3.63) is 69.5 Å². The van der Waals surface area contributed by atoms with Crippen LogP contribution in [0.5, 0.6) is 0 Å². The van der Waals surface area contributed by atoms with Gasteiger partial charge in [-0.05, 0) is 47.9 Å². The molecule has 0 spiro atoms. The van der Waals surface area contributed by atoms with Gasteiger partial charge in [-0.1, -0.05) is 35.3 Å².